The third-order valence-corrected chi connectivity index (χ3v) is 5.14. The first-order valence-electron chi connectivity index (χ1n) is 8.58. The lowest BCUT2D eigenvalue weighted by atomic mass is 9.85. The Morgan fingerprint density at radius 1 is 0.708 bits per heavy atom. The van der Waals surface area contributed by atoms with Gasteiger partial charge in [0.05, 0.1) is 0 Å². The fraction of sp³-hybridized carbons (Fsp3) is 0.391. The van der Waals surface area contributed by atoms with E-state index in [0.29, 0.717) is 0 Å². The predicted molar refractivity (Wildman–Crippen MR) is 112 cm³/mol. The smallest absolute Gasteiger partial charge is 0.0250 e. The second-order valence-corrected chi connectivity index (χ2v) is 9.50. The van der Waals surface area contributed by atoms with E-state index < -0.39 is 0 Å². The van der Waals surface area contributed by atoms with Gasteiger partial charge in [0.2, 0.25) is 0 Å². The molecular weight excluding hydrogens is 356 g/mol. The van der Waals surface area contributed by atoms with E-state index in [1.165, 1.54) is 27.8 Å². The van der Waals surface area contributed by atoms with E-state index in [-0.39, 0.29) is 10.8 Å². The van der Waals surface area contributed by atoms with E-state index in [1.807, 2.05) is 0 Å². The fourth-order valence-corrected chi connectivity index (χ4v) is 3.11. The molecule has 0 bridgehead atoms. The quantitative estimate of drug-likeness (QED) is 0.469. The second-order valence-electron chi connectivity index (χ2n) is 8.64. The Hall–Kier alpha value is -1.34. The van der Waals surface area contributed by atoms with Crippen LogP contribution in [0.1, 0.15) is 69.4 Å². The van der Waals surface area contributed by atoms with Crippen LogP contribution < -0.4 is 0 Å². The second kappa shape index (κ2) is 6.88. The van der Waals surface area contributed by atoms with Gasteiger partial charge in [0.1, 0.15) is 0 Å². The highest BCUT2D eigenvalue weighted by atomic mass is 79.9. The van der Waals surface area contributed by atoms with Crippen LogP contribution in [-0.2, 0) is 10.8 Å². The van der Waals surface area contributed by atoms with Crippen molar-refractivity contribution in [1.29, 1.82) is 0 Å². The van der Waals surface area contributed by atoms with Crippen molar-refractivity contribution >= 4 is 28.1 Å². The molecule has 0 saturated heterocycles. The van der Waals surface area contributed by atoms with Gasteiger partial charge in [-0.2, -0.15) is 0 Å². The molecule has 0 saturated carbocycles. The molecule has 128 valence electrons. The van der Waals surface area contributed by atoms with E-state index in [4.69, 9.17) is 0 Å². The van der Waals surface area contributed by atoms with E-state index in [0.717, 1.165) is 4.47 Å². The molecule has 2 aromatic carbocycles. The highest BCUT2D eigenvalue weighted by molar-refractivity contribution is 9.10. The van der Waals surface area contributed by atoms with Crippen LogP contribution in [0.15, 0.2) is 40.9 Å². The third-order valence-electron chi connectivity index (χ3n) is 4.45. The van der Waals surface area contributed by atoms with Crippen molar-refractivity contribution < 1.29 is 0 Å². The minimum atomic E-state index is 0.169. The summed E-state index contributed by atoms with van der Waals surface area (Å²) in [4.78, 5) is 0. The molecule has 0 amide bonds. The summed E-state index contributed by atoms with van der Waals surface area (Å²) in [5, 5.41) is 0. The molecular formula is C23H29Br. The van der Waals surface area contributed by atoms with E-state index >= 15 is 0 Å². The van der Waals surface area contributed by atoms with Gasteiger partial charge >= 0.3 is 0 Å². The van der Waals surface area contributed by atoms with Crippen LogP contribution in [0.5, 0.6) is 0 Å². The lowest BCUT2D eigenvalue weighted by Crippen LogP contribution is -2.11. The SMILES string of the molecule is Cc1ccc(C(C)(C)C)cc1/C=C/c1ccc(C(C)(C)C)cc1Br. The maximum Gasteiger partial charge on any atom is 0.0250 e. The van der Waals surface area contributed by atoms with Crippen molar-refractivity contribution in [3.63, 3.8) is 0 Å². The normalized spacial score (nSPS) is 12.8. The average molecular weight is 385 g/mol. The molecule has 0 radical (unpaired) electrons. The Bertz CT molecular complexity index is 753. The molecule has 24 heavy (non-hydrogen) atoms. The summed E-state index contributed by atoms with van der Waals surface area (Å²) in [5.74, 6) is 0. The lowest BCUT2D eigenvalue weighted by molar-refractivity contribution is 0.589. The third kappa shape index (κ3) is 4.60. The Kier molecular flexibility index (Phi) is 5.44. The maximum absolute atomic E-state index is 3.73. The van der Waals surface area contributed by atoms with Gasteiger partial charge in [0.15, 0.2) is 0 Å². The van der Waals surface area contributed by atoms with Gasteiger partial charge in [0.25, 0.3) is 0 Å². The summed E-state index contributed by atoms with van der Waals surface area (Å²) in [5.41, 5.74) is 6.86. The molecule has 1 heteroatoms. The van der Waals surface area contributed by atoms with Crippen LogP contribution in [0.2, 0.25) is 0 Å². The van der Waals surface area contributed by atoms with Crippen molar-refractivity contribution in [2.75, 3.05) is 0 Å². The maximum atomic E-state index is 3.73. The minimum absolute atomic E-state index is 0.169. The Labute approximate surface area is 156 Å². The number of benzene rings is 2. The van der Waals surface area contributed by atoms with Gasteiger partial charge in [-0.05, 0) is 51.6 Å². The van der Waals surface area contributed by atoms with Gasteiger partial charge in [-0.15, -0.1) is 0 Å². The van der Waals surface area contributed by atoms with Crippen LogP contribution in [0.3, 0.4) is 0 Å². The molecule has 0 fully saturated rings. The number of hydrogen-bond donors (Lipinski definition) is 0. The van der Waals surface area contributed by atoms with Gasteiger partial charge in [-0.3, -0.25) is 0 Å². The highest BCUT2D eigenvalue weighted by Crippen LogP contribution is 2.29. The monoisotopic (exact) mass is 384 g/mol. The van der Waals surface area contributed by atoms with Crippen LogP contribution in [0, 0.1) is 6.92 Å². The molecule has 0 aliphatic carbocycles. The van der Waals surface area contributed by atoms with Gasteiger partial charge in [-0.1, -0.05) is 100.0 Å². The van der Waals surface area contributed by atoms with Gasteiger partial charge in [-0.25, -0.2) is 0 Å². The zero-order valence-corrected chi connectivity index (χ0v) is 17.6. The summed E-state index contributed by atoms with van der Waals surface area (Å²) in [6, 6.07) is 13.4. The lowest BCUT2D eigenvalue weighted by Gasteiger charge is -2.20. The zero-order valence-electron chi connectivity index (χ0n) is 16.0. The van der Waals surface area contributed by atoms with Crippen molar-refractivity contribution in [2.45, 2.75) is 59.3 Å². The molecule has 0 unspecified atom stereocenters. The summed E-state index contributed by atoms with van der Waals surface area (Å²) in [7, 11) is 0. The molecule has 0 atom stereocenters. The molecule has 0 aliphatic heterocycles. The average Bonchev–Trinajstić information content (AvgIpc) is 2.45. The van der Waals surface area contributed by atoms with Crippen molar-refractivity contribution in [2.24, 2.45) is 0 Å². The van der Waals surface area contributed by atoms with Crippen LogP contribution >= 0.6 is 15.9 Å². The van der Waals surface area contributed by atoms with Gasteiger partial charge in [0, 0.05) is 4.47 Å². The molecule has 2 rings (SSSR count). The summed E-state index contributed by atoms with van der Waals surface area (Å²) in [6.45, 7) is 15.7. The first-order valence-corrected chi connectivity index (χ1v) is 9.37. The molecule has 0 aromatic heterocycles. The van der Waals surface area contributed by atoms with Crippen LogP contribution in [0.4, 0.5) is 0 Å². The molecule has 0 nitrogen and oxygen atoms in total. The molecule has 0 aliphatic rings. The number of hydrogen-bond acceptors (Lipinski definition) is 0. The summed E-state index contributed by atoms with van der Waals surface area (Å²) >= 11 is 3.73. The van der Waals surface area contributed by atoms with E-state index in [2.05, 4.69) is 113 Å². The van der Waals surface area contributed by atoms with Crippen molar-refractivity contribution in [3.05, 3.63) is 68.7 Å². The molecule has 2 aromatic rings. The van der Waals surface area contributed by atoms with E-state index in [9.17, 15) is 0 Å². The zero-order chi connectivity index (χ0) is 18.1. The number of aryl methyl sites for hydroxylation is 1. The molecule has 0 heterocycles. The first kappa shape index (κ1) is 19.0. The van der Waals surface area contributed by atoms with Crippen molar-refractivity contribution in [1.82, 2.24) is 0 Å². The van der Waals surface area contributed by atoms with Crippen molar-refractivity contribution in [3.8, 4) is 0 Å². The van der Waals surface area contributed by atoms with E-state index in [1.54, 1.807) is 0 Å². The molecule has 0 N–H and O–H groups in total. The standard InChI is InChI=1S/C23H29Br/c1-16-8-12-19(22(2,3)4)14-18(16)10-9-17-11-13-20(15-21(17)24)23(5,6)7/h8-15H,1-7H3/b10-9+. The first-order chi connectivity index (χ1) is 11.0. The minimum Gasteiger partial charge on any atom is -0.0584 e. The van der Waals surface area contributed by atoms with Crippen LogP contribution in [-0.4, -0.2) is 0 Å². The highest BCUT2D eigenvalue weighted by Gasteiger charge is 2.15. The fourth-order valence-electron chi connectivity index (χ4n) is 2.59. The number of halogens is 1. The number of rotatable bonds is 2. The largest absolute Gasteiger partial charge is 0.0584 e. The summed E-state index contributed by atoms with van der Waals surface area (Å²) < 4.78 is 1.15. The molecule has 0 spiro atoms. The Morgan fingerprint density at radius 3 is 1.75 bits per heavy atom. The Morgan fingerprint density at radius 2 is 1.21 bits per heavy atom. The van der Waals surface area contributed by atoms with Crippen LogP contribution in [0.25, 0.3) is 12.2 Å². The van der Waals surface area contributed by atoms with Gasteiger partial charge < -0.3 is 0 Å². The Balaban J connectivity index is 2.35. The predicted octanol–water partition coefficient (Wildman–Crippen LogP) is 7.52. The topological polar surface area (TPSA) is 0 Å². The summed E-state index contributed by atoms with van der Waals surface area (Å²) in [6.07, 6.45) is 4.42.